The van der Waals surface area contributed by atoms with Crippen molar-refractivity contribution >= 4 is 32.6 Å². The van der Waals surface area contributed by atoms with E-state index in [1.807, 2.05) is 12.1 Å². The van der Waals surface area contributed by atoms with Crippen molar-refractivity contribution in [2.24, 2.45) is 5.92 Å². The van der Waals surface area contributed by atoms with Crippen molar-refractivity contribution in [1.82, 2.24) is 10.3 Å². The number of fused-ring (bicyclic) bond motifs is 1. The number of aromatic nitrogens is 1. The molecule has 2 aromatic rings. The highest BCUT2D eigenvalue weighted by atomic mass is 32.1. The van der Waals surface area contributed by atoms with Gasteiger partial charge in [-0.2, -0.15) is 0 Å². The molecule has 1 saturated carbocycles. The Bertz CT molecular complexity index is 726. The Kier molecular flexibility index (Phi) is 3.85. The average molecular weight is 331 g/mol. The second kappa shape index (κ2) is 6.00. The second-order valence-corrected chi connectivity index (χ2v) is 7.41. The number of methoxy groups -OCH3 is 1. The topological polar surface area (TPSA) is 54.5 Å². The van der Waals surface area contributed by atoms with Gasteiger partial charge in [-0.1, -0.05) is 11.3 Å². The molecular weight excluding hydrogens is 310 g/mol. The van der Waals surface area contributed by atoms with Crippen molar-refractivity contribution in [3.63, 3.8) is 0 Å². The highest BCUT2D eigenvalue weighted by molar-refractivity contribution is 7.22. The van der Waals surface area contributed by atoms with Gasteiger partial charge in [0, 0.05) is 31.1 Å². The number of hydrogen-bond acceptors (Lipinski definition) is 5. The largest absolute Gasteiger partial charge is 0.497 e. The smallest absolute Gasteiger partial charge is 0.223 e. The van der Waals surface area contributed by atoms with Gasteiger partial charge in [0.25, 0.3) is 0 Å². The monoisotopic (exact) mass is 331 g/mol. The molecule has 122 valence electrons. The zero-order chi connectivity index (χ0) is 15.8. The van der Waals surface area contributed by atoms with Gasteiger partial charge in [-0.15, -0.1) is 0 Å². The van der Waals surface area contributed by atoms with Crippen molar-refractivity contribution in [3.8, 4) is 5.75 Å². The summed E-state index contributed by atoms with van der Waals surface area (Å²) in [6.07, 6.45) is 4.27. The van der Waals surface area contributed by atoms with Gasteiger partial charge in [0.05, 0.1) is 17.3 Å². The van der Waals surface area contributed by atoms with E-state index < -0.39 is 0 Å². The lowest BCUT2D eigenvalue weighted by Crippen LogP contribution is -2.48. The number of piperidine rings is 1. The first-order chi connectivity index (χ1) is 11.2. The minimum Gasteiger partial charge on any atom is -0.497 e. The number of ether oxygens (including phenoxy) is 1. The molecule has 0 spiro atoms. The van der Waals surface area contributed by atoms with Gasteiger partial charge >= 0.3 is 0 Å². The molecule has 1 aromatic heterocycles. The van der Waals surface area contributed by atoms with Gasteiger partial charge in [-0.05, 0) is 37.8 Å². The van der Waals surface area contributed by atoms with E-state index in [-0.39, 0.29) is 17.9 Å². The lowest BCUT2D eigenvalue weighted by Gasteiger charge is -2.33. The fraction of sp³-hybridized carbons (Fsp3) is 0.529. The molecule has 1 unspecified atom stereocenters. The first kappa shape index (κ1) is 14.8. The Morgan fingerprint density at radius 2 is 2.26 bits per heavy atom. The number of hydrogen-bond donors (Lipinski definition) is 1. The molecule has 0 radical (unpaired) electrons. The predicted octanol–water partition coefficient (Wildman–Crippen LogP) is 2.80. The maximum absolute atomic E-state index is 12.0. The molecule has 0 bridgehead atoms. The molecule has 2 heterocycles. The molecule has 1 atom stereocenters. The lowest BCUT2D eigenvalue weighted by atomic mass is 10.1. The third-order valence-electron chi connectivity index (χ3n) is 4.57. The minimum absolute atomic E-state index is 0.242. The quantitative estimate of drug-likeness (QED) is 0.936. The normalized spacial score (nSPS) is 21.4. The SMILES string of the molecule is COc1ccc2sc(N3CCCC(NC(=O)C4CC4)C3)nc2c1. The summed E-state index contributed by atoms with van der Waals surface area (Å²) < 4.78 is 6.44. The van der Waals surface area contributed by atoms with Gasteiger partial charge in [-0.25, -0.2) is 4.98 Å². The molecule has 1 aliphatic carbocycles. The van der Waals surface area contributed by atoms with Crippen molar-refractivity contribution in [1.29, 1.82) is 0 Å². The number of nitrogens with zero attached hydrogens (tertiary/aromatic N) is 2. The van der Waals surface area contributed by atoms with E-state index in [9.17, 15) is 4.79 Å². The number of thiazole rings is 1. The standard InChI is InChI=1S/C17H21N3O2S/c1-22-13-6-7-15-14(9-13)19-17(23-15)20-8-2-3-12(10-20)18-16(21)11-4-5-11/h6-7,9,11-12H,2-5,8,10H2,1H3,(H,18,21). The molecule has 1 amide bonds. The summed E-state index contributed by atoms with van der Waals surface area (Å²) in [5, 5.41) is 4.25. The Hall–Kier alpha value is -1.82. The van der Waals surface area contributed by atoms with E-state index in [4.69, 9.17) is 9.72 Å². The van der Waals surface area contributed by atoms with Gasteiger partial charge < -0.3 is 15.0 Å². The molecule has 23 heavy (non-hydrogen) atoms. The summed E-state index contributed by atoms with van der Waals surface area (Å²) in [6.45, 7) is 1.86. The molecule has 2 fully saturated rings. The van der Waals surface area contributed by atoms with Gasteiger partial charge in [-0.3, -0.25) is 4.79 Å². The molecule has 1 aromatic carbocycles. The van der Waals surface area contributed by atoms with Crippen LogP contribution in [0, 0.1) is 5.92 Å². The van der Waals surface area contributed by atoms with Crippen molar-refractivity contribution in [3.05, 3.63) is 18.2 Å². The van der Waals surface area contributed by atoms with E-state index >= 15 is 0 Å². The Balaban J connectivity index is 1.49. The molecule has 4 rings (SSSR count). The van der Waals surface area contributed by atoms with Crippen molar-refractivity contribution < 1.29 is 9.53 Å². The van der Waals surface area contributed by atoms with Gasteiger partial charge in [0.2, 0.25) is 5.91 Å². The van der Waals surface area contributed by atoms with Crippen LogP contribution in [0.2, 0.25) is 0 Å². The molecule has 1 saturated heterocycles. The molecular formula is C17H21N3O2S. The first-order valence-electron chi connectivity index (χ1n) is 8.23. The van der Waals surface area contributed by atoms with Crippen LogP contribution < -0.4 is 15.0 Å². The molecule has 5 nitrogen and oxygen atoms in total. The molecule has 1 N–H and O–H groups in total. The van der Waals surface area contributed by atoms with Gasteiger partial charge in [0.15, 0.2) is 5.13 Å². The van der Waals surface area contributed by atoms with Crippen LogP contribution in [0.15, 0.2) is 18.2 Å². The Morgan fingerprint density at radius 3 is 3.04 bits per heavy atom. The van der Waals surface area contributed by atoms with Crippen molar-refractivity contribution in [2.45, 2.75) is 31.7 Å². The maximum atomic E-state index is 12.0. The summed E-state index contributed by atoms with van der Waals surface area (Å²) in [4.78, 5) is 19.0. The highest BCUT2D eigenvalue weighted by Gasteiger charge is 2.32. The molecule has 6 heteroatoms. The second-order valence-electron chi connectivity index (χ2n) is 6.40. The summed E-state index contributed by atoms with van der Waals surface area (Å²) >= 11 is 1.71. The summed E-state index contributed by atoms with van der Waals surface area (Å²) in [7, 11) is 1.67. The predicted molar refractivity (Wildman–Crippen MR) is 92.3 cm³/mol. The maximum Gasteiger partial charge on any atom is 0.223 e. The van der Waals surface area contributed by atoms with Crippen LogP contribution >= 0.6 is 11.3 Å². The minimum atomic E-state index is 0.242. The third-order valence-corrected chi connectivity index (χ3v) is 5.67. The molecule has 2 aliphatic rings. The highest BCUT2D eigenvalue weighted by Crippen LogP contribution is 2.33. The Morgan fingerprint density at radius 1 is 1.39 bits per heavy atom. The number of nitrogens with one attached hydrogen (secondary N) is 1. The van der Waals surface area contributed by atoms with E-state index in [1.54, 1.807) is 18.4 Å². The van der Waals surface area contributed by atoms with Crippen LogP contribution in [0.3, 0.4) is 0 Å². The number of benzene rings is 1. The Labute approximate surface area is 139 Å². The van der Waals surface area contributed by atoms with E-state index in [0.717, 1.165) is 55.2 Å². The summed E-state index contributed by atoms with van der Waals surface area (Å²) in [5.74, 6) is 1.36. The summed E-state index contributed by atoms with van der Waals surface area (Å²) in [5.41, 5.74) is 0.980. The lowest BCUT2D eigenvalue weighted by molar-refractivity contribution is -0.123. The van der Waals surface area contributed by atoms with Crippen LogP contribution in [-0.4, -0.2) is 37.1 Å². The third kappa shape index (κ3) is 3.13. The van der Waals surface area contributed by atoms with E-state index in [2.05, 4.69) is 16.3 Å². The van der Waals surface area contributed by atoms with E-state index in [1.165, 1.54) is 4.70 Å². The van der Waals surface area contributed by atoms with Crippen LogP contribution in [-0.2, 0) is 4.79 Å². The number of carbonyl (C=O) groups excluding carboxylic acids is 1. The van der Waals surface area contributed by atoms with Crippen LogP contribution in [0.25, 0.3) is 10.2 Å². The number of rotatable bonds is 4. The van der Waals surface area contributed by atoms with Crippen LogP contribution in [0.4, 0.5) is 5.13 Å². The first-order valence-corrected chi connectivity index (χ1v) is 9.04. The zero-order valence-electron chi connectivity index (χ0n) is 13.2. The number of amides is 1. The zero-order valence-corrected chi connectivity index (χ0v) is 14.1. The number of anilines is 1. The fourth-order valence-electron chi connectivity index (χ4n) is 3.09. The average Bonchev–Trinajstić information content (AvgIpc) is 3.34. The number of carbonyl (C=O) groups is 1. The van der Waals surface area contributed by atoms with Crippen molar-refractivity contribution in [2.75, 3.05) is 25.1 Å². The van der Waals surface area contributed by atoms with Crippen LogP contribution in [0.1, 0.15) is 25.7 Å². The summed E-state index contributed by atoms with van der Waals surface area (Å²) in [6, 6.07) is 6.26. The van der Waals surface area contributed by atoms with Crippen LogP contribution in [0.5, 0.6) is 5.75 Å². The molecule has 1 aliphatic heterocycles. The van der Waals surface area contributed by atoms with E-state index in [0.29, 0.717) is 0 Å². The fourth-order valence-corrected chi connectivity index (χ4v) is 4.07. The van der Waals surface area contributed by atoms with Gasteiger partial charge in [0.1, 0.15) is 5.75 Å².